The number of carbonyl (C=O) groups excluding carboxylic acids is 1. The molecule has 7 nitrogen and oxygen atoms in total. The van der Waals surface area contributed by atoms with E-state index in [2.05, 4.69) is 5.10 Å². The van der Waals surface area contributed by atoms with Crippen molar-refractivity contribution < 1.29 is 19.7 Å². The predicted octanol–water partition coefficient (Wildman–Crippen LogP) is 1.89. The summed E-state index contributed by atoms with van der Waals surface area (Å²) in [6.07, 6.45) is 3.09. The monoisotopic (exact) mass is 371 g/mol. The Balaban J connectivity index is 1.44. The van der Waals surface area contributed by atoms with Crippen molar-refractivity contribution in [3.8, 4) is 5.75 Å². The Morgan fingerprint density at radius 2 is 2.00 bits per heavy atom. The van der Waals surface area contributed by atoms with Gasteiger partial charge in [0.05, 0.1) is 12.8 Å². The third kappa shape index (κ3) is 3.33. The summed E-state index contributed by atoms with van der Waals surface area (Å²) in [5.74, 6) is 0.653. The number of rotatable bonds is 3. The molecule has 1 aromatic carbocycles. The summed E-state index contributed by atoms with van der Waals surface area (Å²) < 4.78 is 8.05. The van der Waals surface area contributed by atoms with E-state index in [0.717, 1.165) is 12.1 Å². The molecule has 4 rings (SSSR count). The lowest BCUT2D eigenvalue weighted by Gasteiger charge is -2.44. The van der Waals surface area contributed by atoms with Gasteiger partial charge >= 0.3 is 0 Å². The van der Waals surface area contributed by atoms with E-state index in [1.807, 2.05) is 18.0 Å². The lowest BCUT2D eigenvalue weighted by Crippen LogP contribution is -2.51. The zero-order valence-corrected chi connectivity index (χ0v) is 15.5. The molecule has 1 aromatic heterocycles. The highest BCUT2D eigenvalue weighted by molar-refractivity contribution is 5.94. The predicted molar refractivity (Wildman–Crippen MR) is 98.3 cm³/mol. The van der Waals surface area contributed by atoms with Crippen LogP contribution < -0.4 is 4.74 Å². The van der Waals surface area contributed by atoms with Gasteiger partial charge in [-0.3, -0.25) is 9.48 Å². The SMILES string of the molecule is CCn1cc2c(n1)C(O)CC1(CCN(C(=O)c3ccc(CO)cc3)CC1)O2. The average Bonchev–Trinajstić information content (AvgIpc) is 3.11. The van der Waals surface area contributed by atoms with Crippen LogP contribution in [0.15, 0.2) is 30.5 Å². The van der Waals surface area contributed by atoms with Crippen molar-refractivity contribution >= 4 is 5.91 Å². The summed E-state index contributed by atoms with van der Waals surface area (Å²) in [4.78, 5) is 14.6. The molecule has 0 bridgehead atoms. The maximum atomic E-state index is 12.7. The molecule has 2 aliphatic rings. The highest BCUT2D eigenvalue weighted by Crippen LogP contribution is 2.43. The minimum atomic E-state index is -0.630. The molecule has 1 amide bonds. The van der Waals surface area contributed by atoms with E-state index in [1.54, 1.807) is 28.9 Å². The van der Waals surface area contributed by atoms with Gasteiger partial charge in [0, 0.05) is 44.5 Å². The van der Waals surface area contributed by atoms with E-state index in [0.29, 0.717) is 49.4 Å². The van der Waals surface area contributed by atoms with Gasteiger partial charge < -0.3 is 19.8 Å². The number of hydrogen-bond donors (Lipinski definition) is 2. The molecule has 144 valence electrons. The minimum absolute atomic E-state index is 0.00908. The second-order valence-corrected chi connectivity index (χ2v) is 7.39. The molecule has 0 aliphatic carbocycles. The number of ether oxygens (including phenoxy) is 1. The summed E-state index contributed by atoms with van der Waals surface area (Å²) >= 11 is 0. The Bertz CT molecular complexity index is 822. The number of fused-ring (bicyclic) bond motifs is 1. The molecule has 27 heavy (non-hydrogen) atoms. The van der Waals surface area contributed by atoms with Crippen molar-refractivity contribution in [2.45, 2.75) is 51.0 Å². The van der Waals surface area contributed by atoms with Gasteiger partial charge in [-0.05, 0) is 24.6 Å². The molecule has 0 saturated carbocycles. The molecular weight excluding hydrogens is 346 g/mol. The Hall–Kier alpha value is -2.38. The van der Waals surface area contributed by atoms with Gasteiger partial charge in [0.1, 0.15) is 17.4 Å². The van der Waals surface area contributed by atoms with Crippen LogP contribution in [-0.2, 0) is 13.2 Å². The van der Waals surface area contributed by atoms with Crippen LogP contribution in [0.25, 0.3) is 0 Å². The van der Waals surface area contributed by atoms with Gasteiger partial charge in [-0.1, -0.05) is 12.1 Å². The summed E-state index contributed by atoms with van der Waals surface area (Å²) in [6, 6.07) is 7.05. The molecule has 2 aromatic rings. The molecule has 1 unspecified atom stereocenters. The zero-order valence-electron chi connectivity index (χ0n) is 15.5. The van der Waals surface area contributed by atoms with Crippen LogP contribution in [0.1, 0.15) is 53.9 Å². The number of carbonyl (C=O) groups is 1. The molecule has 1 saturated heterocycles. The molecule has 2 aliphatic heterocycles. The van der Waals surface area contributed by atoms with Crippen LogP contribution in [0, 0.1) is 0 Å². The van der Waals surface area contributed by atoms with Crippen LogP contribution in [0.5, 0.6) is 5.75 Å². The third-order valence-corrected chi connectivity index (χ3v) is 5.63. The van der Waals surface area contributed by atoms with E-state index in [1.165, 1.54) is 0 Å². The van der Waals surface area contributed by atoms with Crippen LogP contribution in [-0.4, -0.2) is 49.5 Å². The second-order valence-electron chi connectivity index (χ2n) is 7.39. The first-order valence-corrected chi connectivity index (χ1v) is 9.47. The van der Waals surface area contributed by atoms with E-state index in [4.69, 9.17) is 9.84 Å². The normalized spacial score (nSPS) is 21.0. The smallest absolute Gasteiger partial charge is 0.253 e. The van der Waals surface area contributed by atoms with Gasteiger partial charge in [-0.15, -0.1) is 0 Å². The first-order chi connectivity index (χ1) is 13.0. The Labute approximate surface area is 158 Å². The van der Waals surface area contributed by atoms with Crippen molar-refractivity contribution in [3.05, 3.63) is 47.3 Å². The lowest BCUT2D eigenvalue weighted by atomic mass is 9.83. The van der Waals surface area contributed by atoms with Crippen molar-refractivity contribution in [1.29, 1.82) is 0 Å². The molecule has 2 N–H and O–H groups in total. The topological polar surface area (TPSA) is 87.8 Å². The standard InChI is InChI=1S/C20H25N3O4/c1-2-23-12-17-18(21-23)16(25)11-20(27-17)7-9-22(10-8-20)19(26)15-5-3-14(13-24)4-6-15/h3-6,12,16,24-25H,2,7-11,13H2,1H3. The number of amides is 1. The van der Waals surface area contributed by atoms with Crippen LogP contribution >= 0.6 is 0 Å². The van der Waals surface area contributed by atoms with Crippen LogP contribution in [0.4, 0.5) is 0 Å². The fourth-order valence-corrected chi connectivity index (χ4v) is 3.97. The highest BCUT2D eigenvalue weighted by atomic mass is 16.5. The number of aromatic nitrogens is 2. The van der Waals surface area contributed by atoms with Crippen molar-refractivity contribution in [2.24, 2.45) is 0 Å². The summed E-state index contributed by atoms with van der Waals surface area (Å²) in [5.41, 5.74) is 1.59. The Morgan fingerprint density at radius 3 is 2.63 bits per heavy atom. The van der Waals surface area contributed by atoms with Crippen molar-refractivity contribution in [2.75, 3.05) is 13.1 Å². The quantitative estimate of drug-likeness (QED) is 0.860. The summed E-state index contributed by atoms with van der Waals surface area (Å²) in [7, 11) is 0. The minimum Gasteiger partial charge on any atom is -0.483 e. The lowest BCUT2D eigenvalue weighted by molar-refractivity contribution is -0.0504. The molecule has 3 heterocycles. The Kier molecular flexibility index (Phi) is 4.65. The number of benzene rings is 1. The van der Waals surface area contributed by atoms with E-state index >= 15 is 0 Å². The maximum absolute atomic E-state index is 12.7. The first-order valence-electron chi connectivity index (χ1n) is 9.47. The first kappa shape index (κ1) is 18.0. The van der Waals surface area contributed by atoms with Gasteiger partial charge in [0.15, 0.2) is 5.75 Å². The average molecular weight is 371 g/mol. The van der Waals surface area contributed by atoms with E-state index in [9.17, 15) is 9.90 Å². The van der Waals surface area contributed by atoms with Gasteiger partial charge in [0.25, 0.3) is 5.91 Å². The maximum Gasteiger partial charge on any atom is 0.253 e. The number of aliphatic hydroxyl groups excluding tert-OH is 2. The fraction of sp³-hybridized carbons (Fsp3) is 0.500. The molecule has 1 fully saturated rings. The highest BCUT2D eigenvalue weighted by Gasteiger charge is 2.45. The molecule has 7 heteroatoms. The van der Waals surface area contributed by atoms with Gasteiger partial charge in [-0.2, -0.15) is 5.10 Å². The van der Waals surface area contributed by atoms with Crippen molar-refractivity contribution in [3.63, 3.8) is 0 Å². The fourth-order valence-electron chi connectivity index (χ4n) is 3.97. The number of aryl methyl sites for hydroxylation is 1. The molecule has 0 radical (unpaired) electrons. The second kappa shape index (κ2) is 6.98. The zero-order chi connectivity index (χ0) is 19.0. The van der Waals surface area contributed by atoms with Gasteiger partial charge in [0.2, 0.25) is 0 Å². The number of aliphatic hydroxyl groups is 2. The number of likely N-dealkylation sites (tertiary alicyclic amines) is 1. The molecule has 1 atom stereocenters. The van der Waals surface area contributed by atoms with Crippen molar-refractivity contribution in [1.82, 2.24) is 14.7 Å². The number of piperidine rings is 1. The third-order valence-electron chi connectivity index (χ3n) is 5.63. The Morgan fingerprint density at radius 1 is 1.30 bits per heavy atom. The van der Waals surface area contributed by atoms with E-state index in [-0.39, 0.29) is 12.5 Å². The van der Waals surface area contributed by atoms with E-state index < -0.39 is 11.7 Å². The van der Waals surface area contributed by atoms with Gasteiger partial charge in [-0.25, -0.2) is 0 Å². The summed E-state index contributed by atoms with van der Waals surface area (Å²) in [5, 5.41) is 24.0. The molecule has 1 spiro atoms. The summed E-state index contributed by atoms with van der Waals surface area (Å²) in [6.45, 7) is 3.87. The number of hydrogen-bond acceptors (Lipinski definition) is 5. The largest absolute Gasteiger partial charge is 0.483 e. The molecular formula is C20H25N3O4. The number of nitrogens with zero attached hydrogens (tertiary/aromatic N) is 3. The van der Waals surface area contributed by atoms with Crippen LogP contribution in [0.2, 0.25) is 0 Å². The van der Waals surface area contributed by atoms with Crippen LogP contribution in [0.3, 0.4) is 0 Å².